The number of aromatic hydroxyl groups is 1. The van der Waals surface area contributed by atoms with E-state index in [1.807, 2.05) is 0 Å². The Bertz CT molecular complexity index is 1320. The number of hydrogen-bond acceptors (Lipinski definition) is 6. The molecule has 2 amide bonds. The van der Waals surface area contributed by atoms with Crippen molar-refractivity contribution in [1.29, 1.82) is 0 Å². The Morgan fingerprint density at radius 3 is 2.76 bits per heavy atom. The summed E-state index contributed by atoms with van der Waals surface area (Å²) < 4.78 is 21.3. The zero-order chi connectivity index (χ0) is 26.7. The Morgan fingerprint density at radius 1 is 1.18 bits per heavy atom. The number of likely N-dealkylation sites (tertiary alicyclic amines) is 1. The van der Waals surface area contributed by atoms with Gasteiger partial charge in [-0.25, -0.2) is 4.39 Å². The van der Waals surface area contributed by atoms with Crippen LogP contribution in [0.5, 0.6) is 11.5 Å². The summed E-state index contributed by atoms with van der Waals surface area (Å²) in [7, 11) is 2.09. The van der Waals surface area contributed by atoms with Crippen molar-refractivity contribution in [3.8, 4) is 22.6 Å². The van der Waals surface area contributed by atoms with Crippen molar-refractivity contribution in [2.45, 2.75) is 18.5 Å². The maximum absolute atomic E-state index is 15.1. The number of benzene rings is 2. The van der Waals surface area contributed by atoms with Crippen molar-refractivity contribution in [2.24, 2.45) is 5.92 Å². The summed E-state index contributed by atoms with van der Waals surface area (Å²) in [6, 6.07) is 5.67. The second-order valence-corrected chi connectivity index (χ2v) is 11.0. The number of phenols is 1. The van der Waals surface area contributed by atoms with E-state index in [4.69, 9.17) is 16.3 Å². The SMILES string of the molecule is C=CC(=O)N1CCN2C(=O)c3c(N4CCC5CN(C)CC54)cc(-c4c(O)cccc4F)c(Cl)c3OC[C@H]2C1. The van der Waals surface area contributed by atoms with Gasteiger partial charge < -0.3 is 29.4 Å². The van der Waals surface area contributed by atoms with E-state index in [0.29, 0.717) is 36.8 Å². The van der Waals surface area contributed by atoms with Gasteiger partial charge in [0.1, 0.15) is 23.7 Å². The molecule has 4 aliphatic heterocycles. The first-order valence-corrected chi connectivity index (χ1v) is 13.3. The van der Waals surface area contributed by atoms with Crippen LogP contribution in [0.25, 0.3) is 11.1 Å². The number of nitrogens with zero attached hydrogens (tertiary/aromatic N) is 4. The molecule has 1 N–H and O–H groups in total. The molecule has 2 aromatic carbocycles. The second-order valence-electron chi connectivity index (χ2n) is 10.6. The van der Waals surface area contributed by atoms with E-state index in [0.717, 1.165) is 26.1 Å². The van der Waals surface area contributed by atoms with Crippen LogP contribution < -0.4 is 9.64 Å². The van der Waals surface area contributed by atoms with E-state index in [-0.39, 0.29) is 58.2 Å². The molecule has 0 aromatic heterocycles. The van der Waals surface area contributed by atoms with Crippen LogP contribution in [-0.2, 0) is 4.79 Å². The minimum atomic E-state index is -0.617. The van der Waals surface area contributed by atoms with Crippen LogP contribution in [0.3, 0.4) is 0 Å². The molecule has 0 spiro atoms. The van der Waals surface area contributed by atoms with E-state index in [1.165, 1.54) is 24.3 Å². The van der Waals surface area contributed by atoms with Gasteiger partial charge in [-0.3, -0.25) is 9.59 Å². The molecule has 3 atom stereocenters. The van der Waals surface area contributed by atoms with E-state index in [1.54, 1.807) is 15.9 Å². The van der Waals surface area contributed by atoms with Crippen LogP contribution in [0.15, 0.2) is 36.9 Å². The predicted octanol–water partition coefficient (Wildman–Crippen LogP) is 3.22. The minimum Gasteiger partial charge on any atom is -0.507 e. The van der Waals surface area contributed by atoms with Gasteiger partial charge in [-0.1, -0.05) is 24.2 Å². The number of fused-ring (bicyclic) bond motifs is 3. The van der Waals surface area contributed by atoms with Crippen molar-refractivity contribution in [2.75, 3.05) is 57.8 Å². The number of carbonyl (C=O) groups is 2. The van der Waals surface area contributed by atoms with Crippen molar-refractivity contribution in [3.05, 3.63) is 53.3 Å². The molecule has 8 nitrogen and oxygen atoms in total. The number of carbonyl (C=O) groups excluding carboxylic acids is 2. The third kappa shape index (κ3) is 3.91. The number of rotatable bonds is 3. The zero-order valence-corrected chi connectivity index (χ0v) is 22.0. The highest BCUT2D eigenvalue weighted by Gasteiger charge is 2.45. The second kappa shape index (κ2) is 9.47. The van der Waals surface area contributed by atoms with Crippen molar-refractivity contribution in [3.63, 3.8) is 0 Å². The summed E-state index contributed by atoms with van der Waals surface area (Å²) >= 11 is 6.88. The largest absolute Gasteiger partial charge is 0.507 e. The fourth-order valence-corrected chi connectivity index (χ4v) is 6.84. The molecule has 4 heterocycles. The molecule has 3 saturated heterocycles. The van der Waals surface area contributed by atoms with Crippen LogP contribution in [-0.4, -0.2) is 96.6 Å². The fraction of sp³-hybridized carbons (Fsp3) is 0.429. The van der Waals surface area contributed by atoms with Gasteiger partial charge in [-0.05, 0) is 43.7 Å². The van der Waals surface area contributed by atoms with Gasteiger partial charge in [0, 0.05) is 50.9 Å². The molecule has 10 heteroatoms. The highest BCUT2D eigenvalue weighted by molar-refractivity contribution is 6.36. The number of phenolic OH excluding ortho intramolecular Hbond substituents is 1. The minimum absolute atomic E-state index is 0.0263. The quantitative estimate of drug-likeness (QED) is 0.603. The molecule has 2 unspecified atom stereocenters. The Morgan fingerprint density at radius 2 is 2.00 bits per heavy atom. The smallest absolute Gasteiger partial charge is 0.260 e. The summed E-state index contributed by atoms with van der Waals surface area (Å²) in [6.45, 7) is 7.34. The summed E-state index contributed by atoms with van der Waals surface area (Å²) in [5, 5.41) is 10.7. The summed E-state index contributed by atoms with van der Waals surface area (Å²) in [4.78, 5) is 34.4. The normalized spacial score (nSPS) is 25.0. The van der Waals surface area contributed by atoms with Crippen molar-refractivity contribution >= 4 is 29.1 Å². The highest BCUT2D eigenvalue weighted by Crippen LogP contribution is 2.49. The molecule has 200 valence electrons. The number of halogens is 2. The zero-order valence-electron chi connectivity index (χ0n) is 21.2. The predicted molar refractivity (Wildman–Crippen MR) is 142 cm³/mol. The standard InChI is InChI=1S/C28H30ClFN4O4/c1-3-23(36)32-9-10-33-17(13-32)15-38-27-25(28(33)37)20(34-8-7-16-12-31(2)14-21(16)34)11-18(26(27)29)24-19(30)5-4-6-22(24)35/h3-6,11,16-17,21,35H,1,7-10,12-15H2,2H3/t16?,17-,21?/m1/s1. The van der Waals surface area contributed by atoms with Gasteiger partial charge in [0.15, 0.2) is 5.75 Å². The van der Waals surface area contributed by atoms with Crippen molar-refractivity contribution < 1.29 is 23.8 Å². The molecule has 0 aliphatic carbocycles. The first-order chi connectivity index (χ1) is 18.3. The molecular weight excluding hydrogens is 511 g/mol. The van der Waals surface area contributed by atoms with Crippen LogP contribution in [0.1, 0.15) is 16.8 Å². The van der Waals surface area contributed by atoms with Gasteiger partial charge >= 0.3 is 0 Å². The molecule has 2 aromatic rings. The highest BCUT2D eigenvalue weighted by atomic mass is 35.5. The molecule has 6 rings (SSSR count). The van der Waals surface area contributed by atoms with Crippen molar-refractivity contribution in [1.82, 2.24) is 14.7 Å². The lowest BCUT2D eigenvalue weighted by molar-refractivity contribution is -0.128. The van der Waals surface area contributed by atoms with E-state index in [2.05, 4.69) is 23.4 Å². The number of amides is 2. The molecule has 0 saturated carbocycles. The molecule has 38 heavy (non-hydrogen) atoms. The van der Waals surface area contributed by atoms with Crippen LogP contribution in [0.4, 0.5) is 10.1 Å². The lowest BCUT2D eigenvalue weighted by atomic mass is 9.97. The Hall–Kier alpha value is -3.30. The fourth-order valence-electron chi connectivity index (χ4n) is 6.54. The van der Waals surface area contributed by atoms with E-state index >= 15 is 4.39 Å². The molecular formula is C28H30ClFN4O4. The summed E-state index contributed by atoms with van der Waals surface area (Å²) in [5.41, 5.74) is 1.25. The summed E-state index contributed by atoms with van der Waals surface area (Å²) in [5.74, 6) is -0.618. The van der Waals surface area contributed by atoms with Gasteiger partial charge in [-0.2, -0.15) is 0 Å². The van der Waals surface area contributed by atoms with Gasteiger partial charge in [0.2, 0.25) is 5.91 Å². The van der Waals surface area contributed by atoms with Crippen LogP contribution in [0.2, 0.25) is 5.02 Å². The van der Waals surface area contributed by atoms with Gasteiger partial charge in [0.05, 0.1) is 22.3 Å². The Balaban J connectivity index is 1.50. The number of likely N-dealkylation sites (N-methyl/N-ethyl adjacent to an activating group) is 1. The maximum Gasteiger partial charge on any atom is 0.260 e. The average molecular weight is 541 g/mol. The Kier molecular flexibility index (Phi) is 6.23. The third-order valence-electron chi connectivity index (χ3n) is 8.36. The molecule has 4 aliphatic rings. The third-order valence-corrected chi connectivity index (χ3v) is 8.74. The lowest BCUT2D eigenvalue weighted by Crippen LogP contribution is -2.57. The maximum atomic E-state index is 15.1. The van der Waals surface area contributed by atoms with Crippen LogP contribution >= 0.6 is 11.6 Å². The number of ether oxygens (including phenoxy) is 1. The molecule has 0 bridgehead atoms. The monoisotopic (exact) mass is 540 g/mol. The first kappa shape index (κ1) is 25.0. The van der Waals surface area contributed by atoms with E-state index < -0.39 is 5.82 Å². The Labute approximate surface area is 225 Å². The number of piperazine rings is 1. The van der Waals surface area contributed by atoms with Gasteiger partial charge in [0.25, 0.3) is 5.91 Å². The summed E-state index contributed by atoms with van der Waals surface area (Å²) in [6.07, 6.45) is 2.25. The molecule has 3 fully saturated rings. The number of hydrogen-bond donors (Lipinski definition) is 1. The lowest BCUT2D eigenvalue weighted by Gasteiger charge is -2.39. The van der Waals surface area contributed by atoms with Crippen LogP contribution in [0, 0.1) is 11.7 Å². The van der Waals surface area contributed by atoms with Gasteiger partial charge in [-0.15, -0.1) is 0 Å². The molecule has 0 radical (unpaired) electrons. The topological polar surface area (TPSA) is 76.6 Å². The number of anilines is 1. The first-order valence-electron chi connectivity index (χ1n) is 12.9. The van der Waals surface area contributed by atoms with E-state index in [9.17, 15) is 14.7 Å². The average Bonchev–Trinajstić information content (AvgIpc) is 3.41.